The first kappa shape index (κ1) is 18.1. The molecule has 0 bridgehead atoms. The van der Waals surface area contributed by atoms with Gasteiger partial charge in [-0.1, -0.05) is 30.3 Å². The molecule has 2 heterocycles. The summed E-state index contributed by atoms with van der Waals surface area (Å²) in [7, 11) is 0. The largest absolute Gasteiger partial charge is 0.494 e. The van der Waals surface area contributed by atoms with Crippen molar-refractivity contribution in [3.8, 4) is 16.3 Å². The van der Waals surface area contributed by atoms with Crippen LogP contribution < -0.4 is 10.1 Å². The summed E-state index contributed by atoms with van der Waals surface area (Å²) >= 11 is 1.63. The molecular formula is C22H19N3O2S. The molecule has 0 aliphatic carbocycles. The number of hydrogen-bond donors (Lipinski definition) is 1. The average Bonchev–Trinajstić information content (AvgIpc) is 3.17. The standard InChI is InChI=1S/C22H19N3O2S/c26-21(11-6-14-27-17-7-2-1-3-8-17)25-20-13-12-16(15-23-20)22-24-18-9-4-5-10-19(18)28-22/h1-5,7-10,12-13,15H,6,11,14H2,(H,23,25,26). The first-order valence-corrected chi connectivity index (χ1v) is 9.89. The highest BCUT2D eigenvalue weighted by Crippen LogP contribution is 2.29. The lowest BCUT2D eigenvalue weighted by Crippen LogP contribution is -2.13. The van der Waals surface area contributed by atoms with E-state index in [2.05, 4.69) is 21.4 Å². The van der Waals surface area contributed by atoms with E-state index in [-0.39, 0.29) is 5.91 Å². The molecule has 4 rings (SSSR count). The minimum atomic E-state index is -0.0723. The summed E-state index contributed by atoms with van der Waals surface area (Å²) in [5, 5.41) is 3.74. The molecule has 0 radical (unpaired) electrons. The molecule has 6 heteroatoms. The number of ether oxygens (including phenoxy) is 1. The summed E-state index contributed by atoms with van der Waals surface area (Å²) in [5.41, 5.74) is 1.92. The summed E-state index contributed by atoms with van der Waals surface area (Å²) in [6.45, 7) is 0.501. The van der Waals surface area contributed by atoms with Gasteiger partial charge in [0, 0.05) is 18.2 Å². The predicted octanol–water partition coefficient (Wildman–Crippen LogP) is 5.16. The number of amides is 1. The van der Waals surface area contributed by atoms with E-state index < -0.39 is 0 Å². The van der Waals surface area contributed by atoms with E-state index in [4.69, 9.17) is 4.74 Å². The number of pyridine rings is 1. The number of anilines is 1. The number of rotatable bonds is 7. The summed E-state index contributed by atoms with van der Waals surface area (Å²) in [5.74, 6) is 1.28. The van der Waals surface area contributed by atoms with Gasteiger partial charge in [-0.2, -0.15) is 0 Å². The number of nitrogens with zero attached hydrogens (tertiary/aromatic N) is 2. The van der Waals surface area contributed by atoms with Gasteiger partial charge in [0.15, 0.2) is 0 Å². The molecule has 1 amide bonds. The Morgan fingerprint density at radius 3 is 2.61 bits per heavy atom. The molecule has 0 spiro atoms. The molecule has 5 nitrogen and oxygen atoms in total. The third-order valence-electron chi connectivity index (χ3n) is 4.13. The van der Waals surface area contributed by atoms with Crippen LogP contribution in [0.2, 0.25) is 0 Å². The van der Waals surface area contributed by atoms with Gasteiger partial charge in [-0.25, -0.2) is 9.97 Å². The number of para-hydroxylation sites is 2. The Balaban J connectivity index is 1.28. The van der Waals surface area contributed by atoms with Crippen molar-refractivity contribution in [3.05, 3.63) is 72.9 Å². The quantitative estimate of drug-likeness (QED) is 0.444. The van der Waals surface area contributed by atoms with Gasteiger partial charge in [-0.15, -0.1) is 11.3 Å². The number of aromatic nitrogens is 2. The molecule has 28 heavy (non-hydrogen) atoms. The van der Waals surface area contributed by atoms with Crippen molar-refractivity contribution in [2.24, 2.45) is 0 Å². The molecule has 0 unspecified atom stereocenters. The predicted molar refractivity (Wildman–Crippen MR) is 113 cm³/mol. The van der Waals surface area contributed by atoms with Gasteiger partial charge in [-0.05, 0) is 42.8 Å². The number of carbonyl (C=O) groups is 1. The number of hydrogen-bond acceptors (Lipinski definition) is 5. The second-order valence-electron chi connectivity index (χ2n) is 6.23. The van der Waals surface area contributed by atoms with Crippen molar-refractivity contribution in [3.63, 3.8) is 0 Å². The smallest absolute Gasteiger partial charge is 0.225 e. The highest BCUT2D eigenvalue weighted by molar-refractivity contribution is 7.21. The zero-order valence-corrected chi connectivity index (χ0v) is 16.0. The molecular weight excluding hydrogens is 370 g/mol. The third kappa shape index (κ3) is 4.53. The first-order chi connectivity index (χ1) is 13.8. The number of carbonyl (C=O) groups excluding carboxylic acids is 1. The lowest BCUT2D eigenvalue weighted by atomic mass is 10.2. The maximum Gasteiger partial charge on any atom is 0.225 e. The molecule has 0 aliphatic rings. The SMILES string of the molecule is O=C(CCCOc1ccccc1)Nc1ccc(-c2nc3ccccc3s2)cn1. The van der Waals surface area contributed by atoms with Gasteiger partial charge < -0.3 is 10.1 Å². The lowest BCUT2D eigenvalue weighted by Gasteiger charge is -2.07. The lowest BCUT2D eigenvalue weighted by molar-refractivity contribution is -0.116. The Kier molecular flexibility index (Phi) is 5.58. The van der Waals surface area contributed by atoms with Crippen LogP contribution >= 0.6 is 11.3 Å². The normalized spacial score (nSPS) is 10.7. The molecule has 0 atom stereocenters. The Morgan fingerprint density at radius 2 is 1.82 bits per heavy atom. The molecule has 140 valence electrons. The van der Waals surface area contributed by atoms with E-state index in [1.807, 2.05) is 54.6 Å². The second-order valence-corrected chi connectivity index (χ2v) is 7.26. The van der Waals surface area contributed by atoms with Crippen molar-refractivity contribution in [2.75, 3.05) is 11.9 Å². The highest BCUT2D eigenvalue weighted by Gasteiger charge is 2.08. The van der Waals surface area contributed by atoms with Crippen molar-refractivity contribution >= 4 is 33.3 Å². The summed E-state index contributed by atoms with van der Waals surface area (Å²) < 4.78 is 6.74. The van der Waals surface area contributed by atoms with Gasteiger partial charge in [0.2, 0.25) is 5.91 Å². The fourth-order valence-corrected chi connectivity index (χ4v) is 3.69. The highest BCUT2D eigenvalue weighted by atomic mass is 32.1. The van der Waals surface area contributed by atoms with Crippen molar-refractivity contribution in [1.82, 2.24) is 9.97 Å². The third-order valence-corrected chi connectivity index (χ3v) is 5.22. The molecule has 2 aromatic heterocycles. The summed E-state index contributed by atoms with van der Waals surface area (Å²) in [6, 6.07) is 21.4. The topological polar surface area (TPSA) is 64.1 Å². The van der Waals surface area contributed by atoms with Gasteiger partial charge in [0.05, 0.1) is 16.8 Å². The number of fused-ring (bicyclic) bond motifs is 1. The second kappa shape index (κ2) is 8.63. The van der Waals surface area contributed by atoms with Crippen LogP contribution in [-0.2, 0) is 4.79 Å². The van der Waals surface area contributed by atoms with Crippen LogP contribution in [0.4, 0.5) is 5.82 Å². The fourth-order valence-electron chi connectivity index (χ4n) is 2.73. The molecule has 0 saturated carbocycles. The molecule has 0 saturated heterocycles. The number of benzene rings is 2. The summed E-state index contributed by atoms with van der Waals surface area (Å²) in [6.07, 6.45) is 2.77. The molecule has 1 N–H and O–H groups in total. The number of nitrogens with one attached hydrogen (secondary N) is 1. The van der Waals surface area contributed by atoms with E-state index in [0.29, 0.717) is 25.3 Å². The van der Waals surface area contributed by atoms with Gasteiger partial charge in [0.25, 0.3) is 0 Å². The van der Waals surface area contributed by atoms with Crippen LogP contribution in [0, 0.1) is 0 Å². The van der Waals surface area contributed by atoms with Crippen LogP contribution in [0.15, 0.2) is 72.9 Å². The van der Waals surface area contributed by atoms with E-state index >= 15 is 0 Å². The molecule has 4 aromatic rings. The zero-order valence-electron chi connectivity index (χ0n) is 15.2. The van der Waals surface area contributed by atoms with Crippen LogP contribution in [0.5, 0.6) is 5.75 Å². The van der Waals surface area contributed by atoms with Crippen molar-refractivity contribution < 1.29 is 9.53 Å². The Morgan fingerprint density at radius 1 is 1.00 bits per heavy atom. The van der Waals surface area contributed by atoms with Crippen LogP contribution in [0.25, 0.3) is 20.8 Å². The average molecular weight is 389 g/mol. The monoisotopic (exact) mass is 389 g/mol. The van der Waals surface area contributed by atoms with Crippen molar-refractivity contribution in [2.45, 2.75) is 12.8 Å². The van der Waals surface area contributed by atoms with Gasteiger partial charge in [-0.3, -0.25) is 4.79 Å². The molecule has 0 aliphatic heterocycles. The maximum atomic E-state index is 12.1. The van der Waals surface area contributed by atoms with E-state index in [1.165, 1.54) is 0 Å². The molecule has 2 aromatic carbocycles. The first-order valence-electron chi connectivity index (χ1n) is 9.08. The van der Waals surface area contributed by atoms with E-state index in [9.17, 15) is 4.79 Å². The maximum absolute atomic E-state index is 12.1. The van der Waals surface area contributed by atoms with Crippen molar-refractivity contribution in [1.29, 1.82) is 0 Å². The fraction of sp³-hybridized carbons (Fsp3) is 0.136. The van der Waals surface area contributed by atoms with Crippen LogP contribution in [0.3, 0.4) is 0 Å². The number of thiazole rings is 1. The van der Waals surface area contributed by atoms with Crippen LogP contribution in [0.1, 0.15) is 12.8 Å². The summed E-state index contributed by atoms with van der Waals surface area (Å²) in [4.78, 5) is 21.0. The van der Waals surface area contributed by atoms with Crippen LogP contribution in [-0.4, -0.2) is 22.5 Å². The van der Waals surface area contributed by atoms with Gasteiger partial charge in [0.1, 0.15) is 16.6 Å². The van der Waals surface area contributed by atoms with E-state index in [1.54, 1.807) is 23.6 Å². The molecule has 0 fully saturated rings. The van der Waals surface area contributed by atoms with Gasteiger partial charge >= 0.3 is 0 Å². The Hall–Kier alpha value is -3.25. The minimum absolute atomic E-state index is 0.0723. The minimum Gasteiger partial charge on any atom is -0.494 e. The Bertz CT molecular complexity index is 1030. The zero-order chi connectivity index (χ0) is 19.2. The Labute approximate surface area is 167 Å². The van der Waals surface area contributed by atoms with E-state index in [0.717, 1.165) is 26.5 Å².